The predicted molar refractivity (Wildman–Crippen MR) is 126 cm³/mol. The summed E-state index contributed by atoms with van der Waals surface area (Å²) < 4.78 is 2.12. The first-order valence-corrected chi connectivity index (χ1v) is 11.8. The molecule has 3 heterocycles. The second-order valence-corrected chi connectivity index (χ2v) is 9.62. The highest BCUT2D eigenvalue weighted by Gasteiger charge is 2.16. The van der Waals surface area contributed by atoms with Crippen LogP contribution in [0.25, 0.3) is 21.6 Å². The summed E-state index contributed by atoms with van der Waals surface area (Å²) in [4.78, 5) is 15.5. The van der Waals surface area contributed by atoms with E-state index in [2.05, 4.69) is 51.2 Å². The molecule has 0 aliphatic heterocycles. The minimum Gasteiger partial charge on any atom is -0.382 e. The zero-order valence-corrected chi connectivity index (χ0v) is 19.2. The fraction of sp³-hybridized carbons (Fsp3) is 0.286. The lowest BCUT2D eigenvalue weighted by molar-refractivity contribution is 0.525. The van der Waals surface area contributed by atoms with E-state index in [0.29, 0.717) is 22.4 Å². The Hall–Kier alpha value is -2.13. The van der Waals surface area contributed by atoms with Gasteiger partial charge in [0.25, 0.3) is 0 Å². The van der Waals surface area contributed by atoms with Crippen molar-refractivity contribution >= 4 is 51.7 Å². The molecule has 156 valence electrons. The van der Waals surface area contributed by atoms with Gasteiger partial charge in [-0.1, -0.05) is 43.3 Å². The van der Waals surface area contributed by atoms with Crippen LogP contribution in [0.5, 0.6) is 0 Å². The second kappa shape index (κ2) is 9.34. The fourth-order valence-electron chi connectivity index (χ4n) is 3.15. The zero-order valence-electron chi connectivity index (χ0n) is 16.8. The molecular weight excluding hydrogens is 436 g/mol. The van der Waals surface area contributed by atoms with E-state index in [1.165, 1.54) is 11.2 Å². The van der Waals surface area contributed by atoms with Crippen LogP contribution >= 0.6 is 34.7 Å². The van der Waals surface area contributed by atoms with Gasteiger partial charge in [0, 0.05) is 27.4 Å². The Labute approximate surface area is 188 Å². The number of aryl methyl sites for hydroxylation is 1. The molecule has 0 atom stereocenters. The second-order valence-electron chi connectivity index (χ2n) is 7.19. The number of thiophene rings is 1. The Morgan fingerprint density at radius 2 is 2.13 bits per heavy atom. The largest absolute Gasteiger partial charge is 0.382 e. The lowest BCUT2D eigenvalue weighted by atomic mass is 10.2. The molecular formula is C21H23ClN6S2. The number of nitrogen functional groups attached to an aromatic ring is 1. The van der Waals surface area contributed by atoms with Crippen LogP contribution in [-0.2, 0) is 6.54 Å². The molecule has 0 amide bonds. The number of nitrogens with one attached hydrogen (secondary N) is 1. The molecule has 0 saturated carbocycles. The van der Waals surface area contributed by atoms with Crippen molar-refractivity contribution in [3.8, 4) is 10.4 Å². The van der Waals surface area contributed by atoms with Crippen LogP contribution in [-0.4, -0.2) is 32.1 Å². The van der Waals surface area contributed by atoms with Crippen LogP contribution < -0.4 is 11.1 Å². The quantitative estimate of drug-likeness (QED) is 0.347. The van der Waals surface area contributed by atoms with Gasteiger partial charge in [0.15, 0.2) is 22.1 Å². The first-order valence-electron chi connectivity index (χ1n) is 9.73. The third-order valence-electron chi connectivity index (χ3n) is 4.52. The minimum atomic E-state index is 0.395. The van der Waals surface area contributed by atoms with E-state index in [1.807, 2.05) is 18.2 Å². The van der Waals surface area contributed by atoms with Crippen LogP contribution in [0.3, 0.4) is 0 Å². The third-order valence-corrected chi connectivity index (χ3v) is 6.63. The summed E-state index contributed by atoms with van der Waals surface area (Å²) in [6, 6.07) is 10.7. The Bertz CT molecular complexity index is 1140. The smallest absolute Gasteiger partial charge is 0.175 e. The van der Waals surface area contributed by atoms with Gasteiger partial charge in [0.2, 0.25) is 0 Å². The molecule has 4 aromatic rings. The molecule has 0 spiro atoms. The first-order chi connectivity index (χ1) is 14.5. The normalized spacial score (nSPS) is 11.6. The number of rotatable bonds is 8. The SMILES string of the molecule is CC(C)NCCCn1c(Sc2cc(Cl)cc(-c3cccs3)c2)nc2c(N)ncnc21. The number of hydrogen-bond donors (Lipinski definition) is 2. The molecule has 6 nitrogen and oxygen atoms in total. The van der Waals surface area contributed by atoms with Gasteiger partial charge in [-0.25, -0.2) is 15.0 Å². The molecule has 9 heteroatoms. The van der Waals surface area contributed by atoms with Crippen molar-refractivity contribution in [2.45, 2.75) is 42.9 Å². The van der Waals surface area contributed by atoms with E-state index in [4.69, 9.17) is 22.3 Å². The number of nitrogens with zero attached hydrogens (tertiary/aromatic N) is 4. The van der Waals surface area contributed by atoms with Gasteiger partial charge in [-0.2, -0.15) is 0 Å². The summed E-state index contributed by atoms with van der Waals surface area (Å²) in [5.41, 5.74) is 8.57. The highest BCUT2D eigenvalue weighted by atomic mass is 35.5. The third kappa shape index (κ3) is 4.78. The molecule has 0 fully saturated rings. The Kier molecular flexibility index (Phi) is 6.58. The van der Waals surface area contributed by atoms with Gasteiger partial charge in [0.05, 0.1) is 0 Å². The zero-order chi connectivity index (χ0) is 21.1. The maximum Gasteiger partial charge on any atom is 0.175 e. The lowest BCUT2D eigenvalue weighted by Crippen LogP contribution is -2.24. The van der Waals surface area contributed by atoms with E-state index < -0.39 is 0 Å². The summed E-state index contributed by atoms with van der Waals surface area (Å²) in [6.07, 6.45) is 2.45. The number of hydrogen-bond acceptors (Lipinski definition) is 7. The molecule has 0 unspecified atom stereocenters. The van der Waals surface area contributed by atoms with Gasteiger partial charge >= 0.3 is 0 Å². The molecule has 0 aliphatic carbocycles. The number of halogens is 1. The molecule has 1 aromatic carbocycles. The molecule has 0 aliphatic rings. The summed E-state index contributed by atoms with van der Waals surface area (Å²) in [7, 11) is 0. The maximum atomic E-state index is 6.42. The van der Waals surface area contributed by atoms with Crippen molar-refractivity contribution < 1.29 is 0 Å². The number of fused-ring (bicyclic) bond motifs is 1. The van der Waals surface area contributed by atoms with Crippen molar-refractivity contribution in [2.24, 2.45) is 0 Å². The molecule has 0 radical (unpaired) electrons. The van der Waals surface area contributed by atoms with E-state index in [9.17, 15) is 0 Å². The average molecular weight is 459 g/mol. The molecule has 4 rings (SSSR count). The van der Waals surface area contributed by atoms with Gasteiger partial charge < -0.3 is 15.6 Å². The molecule has 3 N–H and O–H groups in total. The van der Waals surface area contributed by atoms with Crippen LogP contribution in [0, 0.1) is 0 Å². The van der Waals surface area contributed by atoms with Crippen LogP contribution in [0.15, 0.2) is 52.1 Å². The fourth-order valence-corrected chi connectivity index (χ4v) is 5.18. The standard InChI is InChI=1S/C21H23ClN6S2/c1-13(2)24-6-4-7-28-20-18(19(23)25-12-26-20)27-21(28)30-16-10-14(9-15(22)11-16)17-5-3-8-29-17/h3,5,8-13,24H,4,6-7H2,1-2H3,(H2,23,25,26). The van der Waals surface area contributed by atoms with Gasteiger partial charge in [-0.15, -0.1) is 11.3 Å². The Morgan fingerprint density at radius 3 is 2.90 bits per heavy atom. The van der Waals surface area contributed by atoms with E-state index in [0.717, 1.165) is 40.8 Å². The predicted octanol–water partition coefficient (Wildman–Crippen LogP) is 5.33. The van der Waals surface area contributed by atoms with Crippen molar-refractivity contribution in [1.82, 2.24) is 24.8 Å². The minimum absolute atomic E-state index is 0.395. The summed E-state index contributed by atoms with van der Waals surface area (Å²) in [5, 5.41) is 7.05. The molecule has 0 bridgehead atoms. The number of nitrogens with two attached hydrogens (primary N) is 1. The number of imidazole rings is 1. The summed E-state index contributed by atoms with van der Waals surface area (Å²) in [5.74, 6) is 0.395. The highest BCUT2D eigenvalue weighted by Crippen LogP contribution is 2.36. The van der Waals surface area contributed by atoms with E-state index in [-0.39, 0.29) is 0 Å². The van der Waals surface area contributed by atoms with Crippen LogP contribution in [0.2, 0.25) is 5.02 Å². The Balaban J connectivity index is 1.66. The van der Waals surface area contributed by atoms with E-state index in [1.54, 1.807) is 23.1 Å². The highest BCUT2D eigenvalue weighted by molar-refractivity contribution is 7.99. The van der Waals surface area contributed by atoms with Gasteiger partial charge in [-0.3, -0.25) is 0 Å². The lowest BCUT2D eigenvalue weighted by Gasteiger charge is -2.11. The number of aromatic nitrogens is 4. The molecule has 3 aromatic heterocycles. The number of anilines is 1. The Morgan fingerprint density at radius 1 is 1.27 bits per heavy atom. The van der Waals surface area contributed by atoms with Crippen molar-refractivity contribution in [1.29, 1.82) is 0 Å². The maximum absolute atomic E-state index is 6.42. The summed E-state index contributed by atoms with van der Waals surface area (Å²) >= 11 is 9.68. The van der Waals surface area contributed by atoms with Crippen molar-refractivity contribution in [2.75, 3.05) is 12.3 Å². The molecule has 0 saturated heterocycles. The first kappa shape index (κ1) is 21.1. The van der Waals surface area contributed by atoms with E-state index >= 15 is 0 Å². The van der Waals surface area contributed by atoms with Crippen molar-refractivity contribution in [3.05, 3.63) is 47.1 Å². The van der Waals surface area contributed by atoms with Crippen LogP contribution in [0.4, 0.5) is 5.82 Å². The average Bonchev–Trinajstić information content (AvgIpc) is 3.34. The van der Waals surface area contributed by atoms with Gasteiger partial charge in [0.1, 0.15) is 6.33 Å². The van der Waals surface area contributed by atoms with Gasteiger partial charge in [-0.05, 0) is 48.2 Å². The topological polar surface area (TPSA) is 81.7 Å². The summed E-state index contributed by atoms with van der Waals surface area (Å²) in [6.45, 7) is 5.99. The van der Waals surface area contributed by atoms with Crippen LogP contribution in [0.1, 0.15) is 20.3 Å². The van der Waals surface area contributed by atoms with Crippen molar-refractivity contribution in [3.63, 3.8) is 0 Å². The molecule has 30 heavy (non-hydrogen) atoms. The monoisotopic (exact) mass is 458 g/mol. The number of benzene rings is 1.